The Labute approximate surface area is 316 Å². The second-order valence-corrected chi connectivity index (χ2v) is 14.2. The molecule has 8 aromatic rings. The smallest absolute Gasteiger partial charge is 0.226 e. The van der Waals surface area contributed by atoms with E-state index in [0.717, 1.165) is 47.7 Å². The zero-order valence-corrected chi connectivity index (χ0v) is 29.9. The van der Waals surface area contributed by atoms with Crippen molar-refractivity contribution in [3.63, 3.8) is 0 Å². The number of allylic oxidation sites excluding steroid dienone is 3. The number of aromatic nitrogens is 1. The van der Waals surface area contributed by atoms with Crippen LogP contribution in [0.1, 0.15) is 30.2 Å². The molecule has 1 heterocycles. The molecule has 0 saturated carbocycles. The minimum Gasteiger partial charge on any atom is -0.441 e. The number of anilines is 2. The van der Waals surface area contributed by atoms with E-state index in [1.807, 2.05) is 6.07 Å². The third-order valence-electron chi connectivity index (χ3n) is 11.0. The number of oxazole rings is 1. The van der Waals surface area contributed by atoms with Crippen molar-refractivity contribution in [2.24, 2.45) is 0 Å². The van der Waals surface area contributed by atoms with Gasteiger partial charge in [0.25, 0.3) is 0 Å². The molecule has 10 rings (SSSR count). The Morgan fingerprint density at radius 2 is 1.13 bits per heavy atom. The number of benzene rings is 7. The van der Waals surface area contributed by atoms with Crippen LogP contribution in [0, 0.1) is 0 Å². The highest BCUT2D eigenvalue weighted by Gasteiger charge is 2.33. The van der Waals surface area contributed by atoms with E-state index < -0.39 is 0 Å². The second kappa shape index (κ2) is 13.7. The van der Waals surface area contributed by atoms with E-state index in [-0.39, 0.29) is 5.92 Å². The van der Waals surface area contributed by atoms with E-state index in [2.05, 4.69) is 187 Å². The van der Waals surface area contributed by atoms with Crippen molar-refractivity contribution in [3.8, 4) is 44.8 Å². The molecule has 3 heteroatoms. The van der Waals surface area contributed by atoms with Crippen LogP contribution in [0.3, 0.4) is 0 Å². The summed E-state index contributed by atoms with van der Waals surface area (Å²) in [5, 5.41) is 2.52. The van der Waals surface area contributed by atoms with E-state index in [9.17, 15) is 0 Å². The molecule has 0 spiro atoms. The molecule has 1 unspecified atom stereocenters. The van der Waals surface area contributed by atoms with Crippen LogP contribution in [0.15, 0.2) is 204 Å². The zero-order chi connectivity index (χ0) is 35.8. The van der Waals surface area contributed by atoms with Gasteiger partial charge in [-0.1, -0.05) is 157 Å². The number of aryl methyl sites for hydroxylation is 1. The first-order chi connectivity index (χ1) is 26.8. The van der Waals surface area contributed by atoms with E-state index in [0.29, 0.717) is 5.89 Å². The van der Waals surface area contributed by atoms with Crippen molar-refractivity contribution in [3.05, 3.63) is 211 Å². The van der Waals surface area contributed by atoms with Gasteiger partial charge < -0.3 is 9.32 Å². The Morgan fingerprint density at radius 3 is 1.94 bits per heavy atom. The van der Waals surface area contributed by atoms with Crippen LogP contribution < -0.4 is 4.90 Å². The van der Waals surface area contributed by atoms with Crippen LogP contribution in [0.5, 0.6) is 0 Å². The number of para-hydroxylation sites is 1. The van der Waals surface area contributed by atoms with Crippen LogP contribution >= 0.6 is 0 Å². The van der Waals surface area contributed by atoms with Gasteiger partial charge in [0.15, 0.2) is 0 Å². The van der Waals surface area contributed by atoms with E-state index in [1.165, 1.54) is 55.4 Å². The summed E-state index contributed by atoms with van der Waals surface area (Å²) in [6.45, 7) is 0. The van der Waals surface area contributed by atoms with E-state index in [1.54, 1.807) is 0 Å². The standard InChI is InChI=1S/C51H38N2O/c1-3-12-35(13-4-1)36-22-24-40(25-23-36)51-52-50-47-32-31-43(34-41(47)28-33-49(50)54-51)53(48-21-10-9-19-46(48)38-14-5-2-6-15-38)42-29-26-39(27-30-42)45-20-11-17-37-16-7-8-18-44(37)45/h1-27,29-31,34,47H,28,32-33H2. The average molecular weight is 695 g/mol. The lowest BCUT2D eigenvalue weighted by molar-refractivity contribution is 0.493. The second-order valence-electron chi connectivity index (χ2n) is 14.2. The predicted molar refractivity (Wildman–Crippen MR) is 223 cm³/mol. The van der Waals surface area contributed by atoms with Gasteiger partial charge in [-0.2, -0.15) is 0 Å². The first-order valence-electron chi connectivity index (χ1n) is 18.9. The molecule has 0 fully saturated rings. The number of hydrogen-bond acceptors (Lipinski definition) is 3. The fourth-order valence-electron chi connectivity index (χ4n) is 8.29. The lowest BCUT2D eigenvalue weighted by atomic mass is 9.80. The molecular weight excluding hydrogens is 657 g/mol. The van der Waals surface area contributed by atoms with E-state index >= 15 is 0 Å². The van der Waals surface area contributed by atoms with Crippen molar-refractivity contribution < 1.29 is 4.42 Å². The molecular formula is C51H38N2O. The molecule has 7 aromatic carbocycles. The minimum absolute atomic E-state index is 0.207. The van der Waals surface area contributed by atoms with Gasteiger partial charge in [-0.05, 0) is 87.8 Å². The van der Waals surface area contributed by atoms with Gasteiger partial charge in [-0.15, -0.1) is 0 Å². The Morgan fingerprint density at radius 1 is 0.519 bits per heavy atom. The minimum atomic E-state index is 0.207. The summed E-state index contributed by atoms with van der Waals surface area (Å²) in [7, 11) is 0. The first-order valence-corrected chi connectivity index (χ1v) is 18.9. The molecule has 0 saturated heterocycles. The quantitative estimate of drug-likeness (QED) is 0.166. The summed E-state index contributed by atoms with van der Waals surface area (Å²) in [4.78, 5) is 7.60. The van der Waals surface area contributed by atoms with Gasteiger partial charge in [0.05, 0.1) is 11.4 Å². The highest BCUT2D eigenvalue weighted by atomic mass is 16.4. The Hall–Kier alpha value is -6.71. The largest absolute Gasteiger partial charge is 0.441 e. The zero-order valence-electron chi connectivity index (χ0n) is 29.9. The van der Waals surface area contributed by atoms with E-state index in [4.69, 9.17) is 9.40 Å². The number of rotatable bonds is 7. The first kappa shape index (κ1) is 32.0. The van der Waals surface area contributed by atoms with Gasteiger partial charge in [-0.3, -0.25) is 0 Å². The molecule has 2 aliphatic rings. The van der Waals surface area contributed by atoms with Crippen LogP contribution in [0.4, 0.5) is 11.4 Å². The summed E-state index contributed by atoms with van der Waals surface area (Å²) in [5.74, 6) is 1.94. The molecule has 0 bridgehead atoms. The summed E-state index contributed by atoms with van der Waals surface area (Å²) < 4.78 is 6.47. The Kier molecular flexibility index (Phi) is 8.11. The molecule has 0 radical (unpaired) electrons. The van der Waals surface area contributed by atoms with Crippen LogP contribution in [-0.2, 0) is 6.42 Å². The fourth-order valence-corrected chi connectivity index (χ4v) is 8.29. The molecule has 1 aromatic heterocycles. The molecule has 0 N–H and O–H groups in total. The molecule has 3 nitrogen and oxygen atoms in total. The van der Waals surface area contributed by atoms with Crippen LogP contribution in [-0.4, -0.2) is 4.98 Å². The maximum absolute atomic E-state index is 6.47. The van der Waals surface area contributed by atoms with Gasteiger partial charge >= 0.3 is 0 Å². The van der Waals surface area contributed by atoms with Crippen molar-refractivity contribution in [2.45, 2.75) is 25.2 Å². The highest BCUT2D eigenvalue weighted by molar-refractivity contribution is 5.97. The fraction of sp³-hybridized carbons (Fsp3) is 0.0784. The van der Waals surface area contributed by atoms with Crippen molar-refractivity contribution >= 4 is 22.1 Å². The number of hydrogen-bond donors (Lipinski definition) is 0. The molecule has 258 valence electrons. The SMILES string of the molecule is C1=C2CCc3oc(-c4ccc(-c5ccccc5)cc4)nc3C2CC=C1N(c1ccc(-c2cccc3ccccc23)cc1)c1ccccc1-c1ccccc1. The normalized spacial score (nSPS) is 14.9. The van der Waals surface area contributed by atoms with Gasteiger partial charge in [-0.25, -0.2) is 4.98 Å². The van der Waals surface area contributed by atoms with Crippen LogP contribution in [0.25, 0.3) is 55.6 Å². The van der Waals surface area contributed by atoms with Gasteiger partial charge in [0.1, 0.15) is 5.76 Å². The molecule has 2 aliphatic carbocycles. The monoisotopic (exact) mass is 694 g/mol. The average Bonchev–Trinajstić information content (AvgIpc) is 3.70. The van der Waals surface area contributed by atoms with Crippen LogP contribution in [0.2, 0.25) is 0 Å². The lowest BCUT2D eigenvalue weighted by Gasteiger charge is -2.33. The molecule has 1 atom stereocenters. The van der Waals surface area contributed by atoms with Crippen molar-refractivity contribution in [1.29, 1.82) is 0 Å². The summed E-state index contributed by atoms with van der Waals surface area (Å²) in [6, 6.07) is 62.8. The third kappa shape index (κ3) is 5.84. The third-order valence-corrected chi connectivity index (χ3v) is 11.0. The van der Waals surface area contributed by atoms with Crippen molar-refractivity contribution in [1.82, 2.24) is 4.98 Å². The van der Waals surface area contributed by atoms with Crippen molar-refractivity contribution in [2.75, 3.05) is 4.90 Å². The molecule has 54 heavy (non-hydrogen) atoms. The predicted octanol–water partition coefficient (Wildman–Crippen LogP) is 13.6. The Bertz CT molecular complexity index is 2660. The van der Waals surface area contributed by atoms with Gasteiger partial charge in [0, 0.05) is 34.9 Å². The number of fused-ring (bicyclic) bond motifs is 4. The molecule has 0 aliphatic heterocycles. The maximum Gasteiger partial charge on any atom is 0.226 e. The topological polar surface area (TPSA) is 29.3 Å². The maximum atomic E-state index is 6.47. The lowest BCUT2D eigenvalue weighted by Crippen LogP contribution is -2.21. The summed E-state index contributed by atoms with van der Waals surface area (Å²) in [5.41, 5.74) is 14.2. The Balaban J connectivity index is 1.01. The van der Waals surface area contributed by atoms with Gasteiger partial charge in [0.2, 0.25) is 5.89 Å². The summed E-state index contributed by atoms with van der Waals surface area (Å²) >= 11 is 0. The highest BCUT2D eigenvalue weighted by Crippen LogP contribution is 2.46. The summed E-state index contributed by atoms with van der Waals surface area (Å²) in [6.07, 6.45) is 7.48. The number of nitrogens with zero attached hydrogens (tertiary/aromatic N) is 2. The molecule has 0 amide bonds.